The third-order valence-corrected chi connectivity index (χ3v) is 6.43. The number of halogens is 1. The Labute approximate surface area is 214 Å². The van der Waals surface area contributed by atoms with Gasteiger partial charge < -0.3 is 19.9 Å². The van der Waals surface area contributed by atoms with Gasteiger partial charge in [0, 0.05) is 48.7 Å². The Hall–Kier alpha value is -3.97. The van der Waals surface area contributed by atoms with Crippen molar-refractivity contribution in [2.75, 3.05) is 28.6 Å². The third kappa shape index (κ3) is 5.16. The summed E-state index contributed by atoms with van der Waals surface area (Å²) in [4.78, 5) is 15.9. The molecule has 0 aliphatic carbocycles. The van der Waals surface area contributed by atoms with Gasteiger partial charge in [0.1, 0.15) is 16.7 Å². The maximum absolute atomic E-state index is 8.90. The molecule has 0 aromatic carbocycles. The number of nitriles is 1. The lowest BCUT2D eigenvalue weighted by Gasteiger charge is -2.33. The molecule has 4 aromatic heterocycles. The molecule has 0 amide bonds. The molecule has 0 spiro atoms. The number of piperidine rings is 1. The summed E-state index contributed by atoms with van der Waals surface area (Å²) >= 11 is 6.41. The van der Waals surface area contributed by atoms with Crippen molar-refractivity contribution in [2.24, 2.45) is 0 Å². The van der Waals surface area contributed by atoms with Gasteiger partial charge in [-0.25, -0.2) is 9.97 Å². The Kier molecular flexibility index (Phi) is 6.33. The van der Waals surface area contributed by atoms with Crippen LogP contribution in [0.25, 0.3) is 5.65 Å². The van der Waals surface area contributed by atoms with E-state index in [1.807, 2.05) is 34.9 Å². The Balaban J connectivity index is 1.24. The van der Waals surface area contributed by atoms with Gasteiger partial charge in [-0.05, 0) is 31.0 Å². The Morgan fingerprint density at radius 3 is 2.61 bits per heavy atom. The van der Waals surface area contributed by atoms with Crippen molar-refractivity contribution in [3.05, 3.63) is 59.3 Å². The first-order chi connectivity index (χ1) is 17.3. The van der Waals surface area contributed by atoms with E-state index in [4.69, 9.17) is 21.8 Å². The van der Waals surface area contributed by atoms with E-state index in [9.17, 15) is 0 Å². The summed E-state index contributed by atoms with van der Waals surface area (Å²) in [6, 6.07) is 9.67. The van der Waals surface area contributed by atoms with Gasteiger partial charge in [-0.2, -0.15) is 10.2 Å². The van der Waals surface area contributed by atoms with E-state index >= 15 is 0 Å². The van der Waals surface area contributed by atoms with E-state index < -0.39 is 0 Å². The van der Waals surface area contributed by atoms with Crippen molar-refractivity contribution in [2.45, 2.75) is 45.1 Å². The highest BCUT2D eigenvalue weighted by Crippen LogP contribution is 2.27. The van der Waals surface area contributed by atoms with Gasteiger partial charge in [0.2, 0.25) is 5.95 Å². The molecule has 4 aromatic rings. The molecule has 0 saturated carbocycles. The lowest BCUT2D eigenvalue weighted by atomic mass is 9.93. The minimum Gasteiger partial charge on any atom is -0.366 e. The standard InChI is InChI=1S/C25H27ClN10/c1-25(2,3)20-15-36-11-8-17(12-22(36)31-20)30-24-28-14-19(26)23(32-24)29-16-6-9-35(10-7-16)21-5-4-18(13-27)33-34-21/h4-5,8,11-12,14-16H,6-7,9-10H2,1-3H3,(H2,28,29,30,32). The quantitative estimate of drug-likeness (QED) is 0.404. The van der Waals surface area contributed by atoms with Crippen molar-refractivity contribution in [3.63, 3.8) is 0 Å². The third-order valence-electron chi connectivity index (χ3n) is 6.15. The largest absolute Gasteiger partial charge is 0.366 e. The van der Waals surface area contributed by atoms with E-state index in [1.54, 1.807) is 12.3 Å². The van der Waals surface area contributed by atoms with Crippen LogP contribution in [-0.2, 0) is 5.41 Å². The van der Waals surface area contributed by atoms with Crippen molar-refractivity contribution in [1.29, 1.82) is 5.26 Å². The van der Waals surface area contributed by atoms with Gasteiger partial charge in [0.25, 0.3) is 0 Å². The molecule has 11 heteroatoms. The second-order valence-corrected chi connectivity index (χ2v) is 10.3. The molecule has 1 saturated heterocycles. The number of imidazole rings is 1. The minimum absolute atomic E-state index is 0.0228. The molecule has 0 radical (unpaired) electrons. The Morgan fingerprint density at radius 2 is 1.92 bits per heavy atom. The Bertz CT molecular complexity index is 1410. The number of hydrogen-bond donors (Lipinski definition) is 2. The fourth-order valence-electron chi connectivity index (χ4n) is 4.08. The summed E-state index contributed by atoms with van der Waals surface area (Å²) in [6.45, 7) is 8.07. The number of fused-ring (bicyclic) bond motifs is 1. The number of hydrogen-bond acceptors (Lipinski definition) is 9. The highest BCUT2D eigenvalue weighted by Gasteiger charge is 2.22. The monoisotopic (exact) mass is 502 g/mol. The van der Waals surface area contributed by atoms with Crippen LogP contribution in [0, 0.1) is 11.3 Å². The molecule has 5 heterocycles. The zero-order valence-corrected chi connectivity index (χ0v) is 21.2. The molecule has 36 heavy (non-hydrogen) atoms. The van der Waals surface area contributed by atoms with E-state index in [0.29, 0.717) is 22.5 Å². The fourth-order valence-corrected chi connectivity index (χ4v) is 4.22. The highest BCUT2D eigenvalue weighted by molar-refractivity contribution is 6.32. The molecular weight excluding hydrogens is 476 g/mol. The van der Waals surface area contributed by atoms with Crippen LogP contribution < -0.4 is 15.5 Å². The molecule has 5 rings (SSSR count). The number of pyridine rings is 1. The normalized spacial score (nSPS) is 14.6. The van der Waals surface area contributed by atoms with E-state index in [0.717, 1.165) is 48.8 Å². The average Bonchev–Trinajstić information content (AvgIpc) is 3.31. The van der Waals surface area contributed by atoms with Gasteiger partial charge in [-0.1, -0.05) is 32.4 Å². The van der Waals surface area contributed by atoms with Crippen LogP contribution in [0.3, 0.4) is 0 Å². The molecule has 1 fully saturated rings. The molecule has 184 valence electrons. The van der Waals surface area contributed by atoms with E-state index in [-0.39, 0.29) is 11.5 Å². The summed E-state index contributed by atoms with van der Waals surface area (Å²) in [6.07, 6.45) is 7.40. The van der Waals surface area contributed by atoms with Crippen molar-refractivity contribution in [1.82, 2.24) is 29.5 Å². The zero-order valence-electron chi connectivity index (χ0n) is 20.4. The van der Waals surface area contributed by atoms with Crippen LogP contribution in [0.4, 0.5) is 23.3 Å². The summed E-state index contributed by atoms with van der Waals surface area (Å²) in [5.41, 5.74) is 3.03. The van der Waals surface area contributed by atoms with Gasteiger partial charge >= 0.3 is 0 Å². The first-order valence-corrected chi connectivity index (χ1v) is 12.2. The molecule has 0 unspecified atom stereocenters. The fraction of sp³-hybridized carbons (Fsp3) is 0.360. The molecule has 0 atom stereocenters. The number of aromatic nitrogens is 6. The van der Waals surface area contributed by atoms with Crippen molar-refractivity contribution in [3.8, 4) is 6.07 Å². The summed E-state index contributed by atoms with van der Waals surface area (Å²) < 4.78 is 2.01. The predicted molar refractivity (Wildman–Crippen MR) is 140 cm³/mol. The van der Waals surface area contributed by atoms with Gasteiger partial charge in [-0.3, -0.25) is 0 Å². The van der Waals surface area contributed by atoms with Crippen LogP contribution in [0.5, 0.6) is 0 Å². The predicted octanol–water partition coefficient (Wildman–Crippen LogP) is 4.56. The lowest BCUT2D eigenvalue weighted by Crippen LogP contribution is -2.39. The maximum atomic E-state index is 8.90. The smallest absolute Gasteiger partial charge is 0.229 e. The van der Waals surface area contributed by atoms with Gasteiger partial charge in [0.15, 0.2) is 17.3 Å². The minimum atomic E-state index is -0.0228. The van der Waals surface area contributed by atoms with Crippen LogP contribution in [-0.4, -0.2) is 48.7 Å². The maximum Gasteiger partial charge on any atom is 0.229 e. The summed E-state index contributed by atoms with van der Waals surface area (Å²) in [5, 5.41) is 24.2. The summed E-state index contributed by atoms with van der Waals surface area (Å²) in [7, 11) is 0. The average molecular weight is 503 g/mol. The Morgan fingerprint density at radius 1 is 1.11 bits per heavy atom. The number of rotatable bonds is 5. The van der Waals surface area contributed by atoms with Crippen LogP contribution in [0.1, 0.15) is 45.0 Å². The topological polar surface area (TPSA) is 120 Å². The second kappa shape index (κ2) is 9.59. The van der Waals surface area contributed by atoms with Crippen LogP contribution in [0.15, 0.2) is 42.9 Å². The van der Waals surface area contributed by atoms with E-state index in [1.165, 1.54) is 0 Å². The summed E-state index contributed by atoms with van der Waals surface area (Å²) in [5.74, 6) is 1.84. The molecule has 1 aliphatic heterocycles. The zero-order chi connectivity index (χ0) is 25.3. The number of nitrogens with one attached hydrogen (secondary N) is 2. The molecule has 10 nitrogen and oxygen atoms in total. The molecule has 1 aliphatic rings. The first-order valence-electron chi connectivity index (χ1n) is 11.8. The molecule has 2 N–H and O–H groups in total. The SMILES string of the molecule is CC(C)(C)c1cn2ccc(Nc3ncc(Cl)c(NC4CCN(c5ccc(C#N)nn5)CC4)n3)cc2n1. The van der Waals surface area contributed by atoms with Crippen LogP contribution in [0.2, 0.25) is 5.02 Å². The van der Waals surface area contributed by atoms with E-state index in [2.05, 4.69) is 62.7 Å². The lowest BCUT2D eigenvalue weighted by molar-refractivity contribution is 0.521. The molecule has 0 bridgehead atoms. The van der Waals surface area contributed by atoms with Gasteiger partial charge in [-0.15, -0.1) is 10.2 Å². The number of anilines is 4. The van der Waals surface area contributed by atoms with Crippen molar-refractivity contribution >= 4 is 40.5 Å². The second-order valence-electron chi connectivity index (χ2n) is 9.87. The highest BCUT2D eigenvalue weighted by atomic mass is 35.5. The molecular formula is C25H27ClN10. The van der Waals surface area contributed by atoms with Crippen molar-refractivity contribution < 1.29 is 0 Å². The van der Waals surface area contributed by atoms with Gasteiger partial charge in [0.05, 0.1) is 11.9 Å². The van der Waals surface area contributed by atoms with Crippen LogP contribution >= 0.6 is 11.6 Å². The first kappa shape index (κ1) is 23.8. The number of nitrogens with zero attached hydrogens (tertiary/aromatic N) is 8.